The van der Waals surface area contributed by atoms with Gasteiger partial charge in [0.15, 0.2) is 5.69 Å². The lowest BCUT2D eigenvalue weighted by Crippen LogP contribution is -2.44. The number of benzene rings is 1. The second kappa shape index (κ2) is 9.88. The third-order valence-electron chi connectivity index (χ3n) is 7.10. The SMILES string of the molecule is Nc1c(N(Cc2ccco2)C(=O)C2CC(=O)N(C3CCCC3)C2)c(=O)[nH]c(=O)n1Cc1ccccc1. The minimum atomic E-state index is -0.765. The maximum Gasteiger partial charge on any atom is 0.330 e. The zero-order valence-corrected chi connectivity index (χ0v) is 19.9. The van der Waals surface area contributed by atoms with Crippen molar-refractivity contribution in [1.29, 1.82) is 0 Å². The van der Waals surface area contributed by atoms with Crippen molar-refractivity contribution in [2.45, 2.75) is 51.2 Å². The molecule has 3 aromatic rings. The van der Waals surface area contributed by atoms with Crippen LogP contribution in [-0.4, -0.2) is 38.9 Å². The Balaban J connectivity index is 1.51. The van der Waals surface area contributed by atoms with Crippen LogP contribution in [0.1, 0.15) is 43.4 Å². The highest BCUT2D eigenvalue weighted by Crippen LogP contribution is 2.32. The number of carbonyl (C=O) groups is 2. The van der Waals surface area contributed by atoms with Crippen LogP contribution in [0.2, 0.25) is 0 Å². The number of hydrogen-bond acceptors (Lipinski definition) is 6. The fraction of sp³-hybridized carbons (Fsp3) is 0.385. The van der Waals surface area contributed by atoms with E-state index in [1.807, 2.05) is 35.2 Å². The number of aromatic nitrogens is 2. The summed E-state index contributed by atoms with van der Waals surface area (Å²) in [7, 11) is 0. The van der Waals surface area contributed by atoms with Crippen LogP contribution in [0.4, 0.5) is 11.5 Å². The molecule has 0 radical (unpaired) electrons. The highest BCUT2D eigenvalue weighted by molar-refractivity contribution is 6.00. The molecule has 1 aromatic carbocycles. The minimum Gasteiger partial charge on any atom is -0.467 e. The maximum absolute atomic E-state index is 13.8. The van der Waals surface area contributed by atoms with E-state index < -0.39 is 23.1 Å². The molecule has 2 amide bonds. The number of nitrogens with zero attached hydrogens (tertiary/aromatic N) is 3. The summed E-state index contributed by atoms with van der Waals surface area (Å²) >= 11 is 0. The van der Waals surface area contributed by atoms with Crippen molar-refractivity contribution in [1.82, 2.24) is 14.5 Å². The molecular formula is C26H29N5O5. The molecule has 3 N–H and O–H groups in total. The molecule has 1 unspecified atom stereocenters. The molecule has 188 valence electrons. The summed E-state index contributed by atoms with van der Waals surface area (Å²) in [6.07, 6.45) is 5.59. The van der Waals surface area contributed by atoms with E-state index in [4.69, 9.17) is 10.2 Å². The van der Waals surface area contributed by atoms with Crippen LogP contribution in [0.25, 0.3) is 0 Å². The second-order valence-electron chi connectivity index (χ2n) is 9.45. The standard InChI is InChI=1S/C26H29N5O5/c27-23-22(24(33)28-26(35)31(23)14-17-7-2-1-3-8-17)30(16-20-11-6-12-36-20)25(34)18-13-21(32)29(15-18)19-9-4-5-10-19/h1-3,6-8,11-12,18-19H,4-5,9-10,13-16,27H2,(H,28,33,35). The molecule has 1 atom stereocenters. The first-order valence-corrected chi connectivity index (χ1v) is 12.2. The van der Waals surface area contributed by atoms with Gasteiger partial charge in [-0.15, -0.1) is 0 Å². The number of nitrogen functional groups attached to an aromatic ring is 1. The summed E-state index contributed by atoms with van der Waals surface area (Å²) in [6, 6.07) is 12.7. The molecule has 0 spiro atoms. The van der Waals surface area contributed by atoms with Gasteiger partial charge in [-0.1, -0.05) is 43.2 Å². The Bertz CT molecular complexity index is 1360. The quantitative estimate of drug-likeness (QED) is 0.520. The predicted octanol–water partition coefficient (Wildman–Crippen LogP) is 2.08. The number of carbonyl (C=O) groups excluding carboxylic acids is 2. The fourth-order valence-corrected chi connectivity index (χ4v) is 5.27. The average molecular weight is 492 g/mol. The van der Waals surface area contributed by atoms with E-state index in [1.54, 1.807) is 12.1 Å². The van der Waals surface area contributed by atoms with Gasteiger partial charge in [0.1, 0.15) is 11.6 Å². The molecule has 1 saturated heterocycles. The lowest BCUT2D eigenvalue weighted by molar-refractivity contribution is -0.130. The summed E-state index contributed by atoms with van der Waals surface area (Å²) in [5.74, 6) is -0.748. The molecule has 0 bridgehead atoms. The zero-order valence-electron chi connectivity index (χ0n) is 19.9. The molecule has 36 heavy (non-hydrogen) atoms. The lowest BCUT2D eigenvalue weighted by Gasteiger charge is -2.27. The van der Waals surface area contributed by atoms with E-state index in [-0.39, 0.29) is 43.0 Å². The van der Waals surface area contributed by atoms with Crippen LogP contribution in [0, 0.1) is 5.92 Å². The molecule has 1 aliphatic heterocycles. The van der Waals surface area contributed by atoms with Gasteiger partial charge >= 0.3 is 5.69 Å². The number of aromatic amines is 1. The van der Waals surface area contributed by atoms with E-state index >= 15 is 0 Å². The molecule has 10 heteroatoms. The molecule has 5 rings (SSSR count). The molecule has 10 nitrogen and oxygen atoms in total. The number of rotatable bonds is 7. The molecule has 1 aliphatic carbocycles. The molecular weight excluding hydrogens is 462 g/mol. The predicted molar refractivity (Wildman–Crippen MR) is 133 cm³/mol. The average Bonchev–Trinajstić information content (AvgIpc) is 3.63. The van der Waals surface area contributed by atoms with E-state index in [0.717, 1.165) is 31.2 Å². The van der Waals surface area contributed by atoms with Gasteiger partial charge in [0, 0.05) is 19.0 Å². The maximum atomic E-state index is 13.8. The number of likely N-dealkylation sites (tertiary alicyclic amines) is 1. The van der Waals surface area contributed by atoms with Crippen molar-refractivity contribution in [3.8, 4) is 0 Å². The molecule has 2 aliphatic rings. The molecule has 3 heterocycles. The van der Waals surface area contributed by atoms with Crippen LogP contribution in [-0.2, 0) is 22.7 Å². The van der Waals surface area contributed by atoms with Crippen molar-refractivity contribution in [2.24, 2.45) is 5.92 Å². The van der Waals surface area contributed by atoms with Crippen molar-refractivity contribution >= 4 is 23.3 Å². The number of nitrogens with one attached hydrogen (secondary N) is 1. The highest BCUT2D eigenvalue weighted by atomic mass is 16.3. The van der Waals surface area contributed by atoms with Gasteiger partial charge in [-0.3, -0.25) is 28.8 Å². The topological polar surface area (TPSA) is 135 Å². The Hall–Kier alpha value is -4.08. The Morgan fingerprint density at radius 3 is 2.53 bits per heavy atom. The number of anilines is 2. The van der Waals surface area contributed by atoms with Crippen molar-refractivity contribution in [3.05, 3.63) is 80.9 Å². The van der Waals surface area contributed by atoms with Gasteiger partial charge in [0.05, 0.1) is 25.3 Å². The Morgan fingerprint density at radius 1 is 1.08 bits per heavy atom. The van der Waals surface area contributed by atoms with Gasteiger partial charge < -0.3 is 15.1 Å². The van der Waals surface area contributed by atoms with E-state index in [9.17, 15) is 19.2 Å². The number of H-pyrrole nitrogens is 1. The van der Waals surface area contributed by atoms with Gasteiger partial charge in [-0.2, -0.15) is 0 Å². The van der Waals surface area contributed by atoms with Gasteiger partial charge in [0.25, 0.3) is 5.56 Å². The van der Waals surface area contributed by atoms with Crippen LogP contribution < -0.4 is 21.9 Å². The molecule has 2 aromatic heterocycles. The first kappa shape index (κ1) is 23.7. The summed E-state index contributed by atoms with van der Waals surface area (Å²) in [4.78, 5) is 57.7. The Kier molecular flexibility index (Phi) is 6.49. The number of hydrogen-bond donors (Lipinski definition) is 2. The van der Waals surface area contributed by atoms with Gasteiger partial charge in [-0.25, -0.2) is 4.79 Å². The Morgan fingerprint density at radius 2 is 1.83 bits per heavy atom. The third kappa shape index (κ3) is 4.58. The van der Waals surface area contributed by atoms with E-state index in [0.29, 0.717) is 12.3 Å². The van der Waals surface area contributed by atoms with E-state index in [1.165, 1.54) is 15.7 Å². The van der Waals surface area contributed by atoms with Crippen molar-refractivity contribution < 1.29 is 14.0 Å². The smallest absolute Gasteiger partial charge is 0.330 e. The van der Waals surface area contributed by atoms with E-state index in [2.05, 4.69) is 4.98 Å². The second-order valence-corrected chi connectivity index (χ2v) is 9.45. The summed E-state index contributed by atoms with van der Waals surface area (Å²) in [6.45, 7) is 0.366. The van der Waals surface area contributed by atoms with Crippen LogP contribution in [0.5, 0.6) is 0 Å². The van der Waals surface area contributed by atoms with Crippen molar-refractivity contribution in [3.63, 3.8) is 0 Å². The normalized spacial score (nSPS) is 18.2. The molecule has 2 fully saturated rings. The third-order valence-corrected chi connectivity index (χ3v) is 7.10. The number of furan rings is 1. The van der Waals surface area contributed by atoms with Crippen LogP contribution in [0.15, 0.2) is 62.7 Å². The van der Waals surface area contributed by atoms with Crippen LogP contribution in [0.3, 0.4) is 0 Å². The number of amides is 2. The lowest BCUT2D eigenvalue weighted by atomic mass is 10.1. The van der Waals surface area contributed by atoms with Gasteiger partial charge in [-0.05, 0) is 30.5 Å². The largest absolute Gasteiger partial charge is 0.467 e. The highest BCUT2D eigenvalue weighted by Gasteiger charge is 2.41. The Labute approximate surface area is 207 Å². The number of nitrogens with two attached hydrogens (primary N) is 1. The van der Waals surface area contributed by atoms with Crippen molar-refractivity contribution in [2.75, 3.05) is 17.2 Å². The molecule has 1 saturated carbocycles. The fourth-order valence-electron chi connectivity index (χ4n) is 5.27. The monoisotopic (exact) mass is 491 g/mol. The summed E-state index contributed by atoms with van der Waals surface area (Å²) in [5, 5.41) is 0. The van der Waals surface area contributed by atoms with Gasteiger partial charge in [0.2, 0.25) is 11.8 Å². The summed E-state index contributed by atoms with van der Waals surface area (Å²) < 4.78 is 6.69. The van der Waals surface area contributed by atoms with Crippen LogP contribution >= 0.6 is 0 Å². The first-order valence-electron chi connectivity index (χ1n) is 12.2. The zero-order chi connectivity index (χ0) is 25.2. The summed E-state index contributed by atoms with van der Waals surface area (Å²) in [5.41, 5.74) is 5.64. The first-order chi connectivity index (χ1) is 17.4. The minimum absolute atomic E-state index is 0.0471.